The number of fused-ring (bicyclic) bond motifs is 1. The lowest BCUT2D eigenvalue weighted by atomic mass is 10.2. The van der Waals surface area contributed by atoms with Gasteiger partial charge in [0.2, 0.25) is 0 Å². The summed E-state index contributed by atoms with van der Waals surface area (Å²) in [5.74, 6) is -0.298. The fourth-order valence-electron chi connectivity index (χ4n) is 2.69. The Hall–Kier alpha value is -1.29. The van der Waals surface area contributed by atoms with Crippen molar-refractivity contribution in [3.05, 3.63) is 33.5 Å². The smallest absolute Gasteiger partial charge is 0.150 e. The summed E-state index contributed by atoms with van der Waals surface area (Å²) in [6, 6.07) is 1.81. The number of aliphatic hydroxyl groups excluding tert-OH is 1. The Morgan fingerprint density at radius 1 is 1.43 bits per heavy atom. The second-order valence-electron chi connectivity index (χ2n) is 5.96. The molecule has 9 heteroatoms. The lowest BCUT2D eigenvalue weighted by molar-refractivity contribution is 0.191. The van der Waals surface area contributed by atoms with Crippen molar-refractivity contribution in [2.75, 3.05) is 18.6 Å². The van der Waals surface area contributed by atoms with Crippen LogP contribution in [0.5, 0.6) is 0 Å². The first-order valence-corrected chi connectivity index (χ1v) is 10.3. The van der Waals surface area contributed by atoms with Crippen molar-refractivity contribution in [3.8, 4) is 0 Å². The van der Waals surface area contributed by atoms with Gasteiger partial charge in [-0.1, -0.05) is 0 Å². The lowest BCUT2D eigenvalue weighted by Gasteiger charge is -2.27. The average molecular weight is 356 g/mol. The Labute approximate surface area is 139 Å². The Morgan fingerprint density at radius 2 is 2.22 bits per heavy atom. The molecule has 0 aromatic carbocycles. The Kier molecular flexibility index (Phi) is 4.54. The highest BCUT2D eigenvalue weighted by atomic mass is 32.2. The van der Waals surface area contributed by atoms with Crippen LogP contribution in [-0.4, -0.2) is 51.7 Å². The summed E-state index contributed by atoms with van der Waals surface area (Å²) in [5, 5.41) is 14.4. The van der Waals surface area contributed by atoms with E-state index in [1.54, 1.807) is 11.3 Å². The SMILES string of the molecule is Cc1ncsc1CN1CCn2nc([C@@H](O)CS(C)(=O)=O)cc2C1. The summed E-state index contributed by atoms with van der Waals surface area (Å²) in [5.41, 5.74) is 4.36. The van der Waals surface area contributed by atoms with Crippen LogP contribution in [0.25, 0.3) is 0 Å². The molecule has 0 spiro atoms. The van der Waals surface area contributed by atoms with Gasteiger partial charge in [-0.15, -0.1) is 11.3 Å². The molecule has 0 aliphatic carbocycles. The van der Waals surface area contributed by atoms with Gasteiger partial charge < -0.3 is 5.11 Å². The van der Waals surface area contributed by atoms with Gasteiger partial charge in [-0.05, 0) is 13.0 Å². The minimum Gasteiger partial charge on any atom is -0.386 e. The van der Waals surface area contributed by atoms with Crippen LogP contribution >= 0.6 is 11.3 Å². The maximum absolute atomic E-state index is 11.3. The van der Waals surface area contributed by atoms with Crippen molar-refractivity contribution in [3.63, 3.8) is 0 Å². The zero-order valence-electron chi connectivity index (χ0n) is 13.1. The predicted molar refractivity (Wildman–Crippen MR) is 87.9 cm³/mol. The molecule has 2 aromatic heterocycles. The predicted octanol–water partition coefficient (Wildman–Crippen LogP) is 0.742. The third kappa shape index (κ3) is 3.97. The summed E-state index contributed by atoms with van der Waals surface area (Å²) < 4.78 is 24.5. The first kappa shape index (κ1) is 16.6. The number of aromatic nitrogens is 3. The number of thiazole rings is 1. The van der Waals surface area contributed by atoms with E-state index in [0.717, 1.165) is 43.8 Å². The van der Waals surface area contributed by atoms with Crippen LogP contribution in [-0.2, 0) is 29.5 Å². The second kappa shape index (κ2) is 6.31. The van der Waals surface area contributed by atoms with Crippen molar-refractivity contribution in [1.82, 2.24) is 19.7 Å². The zero-order chi connectivity index (χ0) is 16.6. The molecule has 3 rings (SSSR count). The van der Waals surface area contributed by atoms with Gasteiger partial charge >= 0.3 is 0 Å². The van der Waals surface area contributed by atoms with Gasteiger partial charge in [-0.2, -0.15) is 5.10 Å². The zero-order valence-corrected chi connectivity index (χ0v) is 14.8. The summed E-state index contributed by atoms with van der Waals surface area (Å²) in [6.07, 6.45) is 0.0472. The number of aryl methyl sites for hydroxylation is 1. The number of sulfone groups is 1. The molecule has 0 fully saturated rings. The fraction of sp³-hybridized carbons (Fsp3) is 0.571. The van der Waals surface area contributed by atoms with Crippen LogP contribution in [0.2, 0.25) is 0 Å². The molecular formula is C14H20N4O3S2. The van der Waals surface area contributed by atoms with Crippen LogP contribution in [0.15, 0.2) is 11.6 Å². The van der Waals surface area contributed by atoms with Crippen LogP contribution in [0.1, 0.15) is 28.1 Å². The topological polar surface area (TPSA) is 88.3 Å². The van der Waals surface area contributed by atoms with Gasteiger partial charge in [0, 0.05) is 30.8 Å². The van der Waals surface area contributed by atoms with Gasteiger partial charge in [0.25, 0.3) is 0 Å². The van der Waals surface area contributed by atoms with E-state index >= 15 is 0 Å². The van der Waals surface area contributed by atoms with Gasteiger partial charge in [-0.3, -0.25) is 9.58 Å². The first-order chi connectivity index (χ1) is 10.8. The quantitative estimate of drug-likeness (QED) is 0.850. The molecule has 0 radical (unpaired) electrons. The highest BCUT2D eigenvalue weighted by molar-refractivity contribution is 7.90. The van der Waals surface area contributed by atoms with E-state index in [9.17, 15) is 13.5 Å². The number of hydrogen-bond acceptors (Lipinski definition) is 7. The number of nitrogens with zero attached hydrogens (tertiary/aromatic N) is 4. The van der Waals surface area contributed by atoms with E-state index in [-0.39, 0.29) is 5.75 Å². The molecule has 1 N–H and O–H groups in total. The minimum atomic E-state index is -3.24. The molecule has 2 aromatic rings. The normalized spacial score (nSPS) is 17.2. The van der Waals surface area contributed by atoms with Crippen LogP contribution in [0.4, 0.5) is 0 Å². The van der Waals surface area contributed by atoms with Gasteiger partial charge in [0.1, 0.15) is 15.9 Å². The highest BCUT2D eigenvalue weighted by Gasteiger charge is 2.23. The summed E-state index contributed by atoms with van der Waals surface area (Å²) in [7, 11) is -3.24. The Balaban J connectivity index is 1.70. The maximum atomic E-state index is 11.3. The Bertz CT molecular complexity index is 797. The summed E-state index contributed by atoms with van der Waals surface area (Å²) in [4.78, 5) is 7.84. The standard InChI is InChI=1S/C14H20N4O3S2/c1-10-14(22-9-15-10)7-17-3-4-18-11(6-17)5-12(16-18)13(19)8-23(2,20)21/h5,9,13,19H,3-4,6-8H2,1-2H3/t13-/m0/s1. The molecule has 23 heavy (non-hydrogen) atoms. The molecule has 1 aliphatic rings. The third-order valence-electron chi connectivity index (χ3n) is 3.91. The molecule has 0 bridgehead atoms. The molecule has 1 atom stereocenters. The van der Waals surface area contributed by atoms with Crippen molar-refractivity contribution in [1.29, 1.82) is 0 Å². The highest BCUT2D eigenvalue weighted by Crippen LogP contribution is 2.22. The summed E-state index contributed by atoms with van der Waals surface area (Å²) >= 11 is 1.66. The van der Waals surface area contributed by atoms with Gasteiger partial charge in [0.15, 0.2) is 0 Å². The lowest BCUT2D eigenvalue weighted by Crippen LogP contribution is -2.33. The molecule has 0 saturated carbocycles. The summed E-state index contributed by atoms with van der Waals surface area (Å²) in [6.45, 7) is 5.20. The molecule has 126 valence electrons. The minimum absolute atomic E-state index is 0.298. The maximum Gasteiger partial charge on any atom is 0.150 e. The van der Waals surface area contributed by atoms with Crippen LogP contribution in [0.3, 0.4) is 0 Å². The van der Waals surface area contributed by atoms with E-state index in [1.807, 2.05) is 23.2 Å². The molecule has 7 nitrogen and oxygen atoms in total. The molecule has 0 amide bonds. The first-order valence-electron chi connectivity index (χ1n) is 7.35. The van der Waals surface area contributed by atoms with E-state index in [2.05, 4.69) is 15.0 Å². The van der Waals surface area contributed by atoms with E-state index in [1.165, 1.54) is 4.88 Å². The molecule has 1 aliphatic heterocycles. The largest absolute Gasteiger partial charge is 0.386 e. The van der Waals surface area contributed by atoms with Crippen molar-refractivity contribution >= 4 is 21.2 Å². The molecule has 0 unspecified atom stereocenters. The number of hydrogen-bond donors (Lipinski definition) is 1. The van der Waals surface area contributed by atoms with Crippen LogP contribution < -0.4 is 0 Å². The molecule has 3 heterocycles. The van der Waals surface area contributed by atoms with Gasteiger partial charge in [0.05, 0.1) is 34.9 Å². The molecular weight excluding hydrogens is 336 g/mol. The van der Waals surface area contributed by atoms with Crippen molar-refractivity contribution in [2.24, 2.45) is 0 Å². The second-order valence-corrected chi connectivity index (χ2v) is 9.09. The number of aliphatic hydroxyl groups is 1. The van der Waals surface area contributed by atoms with Crippen molar-refractivity contribution < 1.29 is 13.5 Å². The van der Waals surface area contributed by atoms with E-state index in [0.29, 0.717) is 5.69 Å². The third-order valence-corrected chi connectivity index (χ3v) is 5.75. The van der Waals surface area contributed by atoms with E-state index in [4.69, 9.17) is 0 Å². The van der Waals surface area contributed by atoms with Crippen LogP contribution in [0, 0.1) is 6.92 Å². The Morgan fingerprint density at radius 3 is 2.87 bits per heavy atom. The fourth-order valence-corrected chi connectivity index (χ4v) is 4.26. The average Bonchev–Trinajstić information content (AvgIpc) is 3.03. The molecule has 0 saturated heterocycles. The monoisotopic (exact) mass is 356 g/mol. The number of rotatable bonds is 5. The van der Waals surface area contributed by atoms with Gasteiger partial charge in [-0.25, -0.2) is 13.4 Å². The van der Waals surface area contributed by atoms with Crippen molar-refractivity contribution in [2.45, 2.75) is 32.7 Å². The van der Waals surface area contributed by atoms with E-state index < -0.39 is 15.9 Å².